The van der Waals surface area contributed by atoms with Gasteiger partial charge >= 0.3 is 0 Å². The Morgan fingerprint density at radius 1 is 1.07 bits per heavy atom. The SMILES string of the molecule is COc1ccc(C(=O)NC(C(=O)N(C)CCC(N)C(C)C)c2ccccc2)cc1.Cl. The largest absolute Gasteiger partial charge is 0.497 e. The fourth-order valence-electron chi connectivity index (χ4n) is 2.90. The molecule has 0 saturated carbocycles. The van der Waals surface area contributed by atoms with Gasteiger partial charge in [-0.15, -0.1) is 12.4 Å². The number of methoxy groups -OCH3 is 1. The van der Waals surface area contributed by atoms with Gasteiger partial charge in [-0.1, -0.05) is 44.2 Å². The van der Waals surface area contributed by atoms with Crippen molar-refractivity contribution in [3.8, 4) is 5.75 Å². The van der Waals surface area contributed by atoms with Crippen molar-refractivity contribution < 1.29 is 14.3 Å². The quantitative estimate of drug-likeness (QED) is 0.634. The van der Waals surface area contributed by atoms with Gasteiger partial charge in [0.05, 0.1) is 7.11 Å². The summed E-state index contributed by atoms with van der Waals surface area (Å²) in [5.74, 6) is 0.521. The highest BCUT2D eigenvalue weighted by atomic mass is 35.5. The summed E-state index contributed by atoms with van der Waals surface area (Å²) < 4.78 is 5.13. The van der Waals surface area contributed by atoms with Crippen LogP contribution in [-0.2, 0) is 4.79 Å². The third-order valence-corrected chi connectivity index (χ3v) is 5.04. The van der Waals surface area contributed by atoms with Crippen LogP contribution in [0.15, 0.2) is 54.6 Å². The number of nitrogens with zero attached hydrogens (tertiary/aromatic N) is 1. The van der Waals surface area contributed by atoms with E-state index in [1.165, 1.54) is 0 Å². The molecule has 0 fully saturated rings. The number of rotatable bonds is 9. The van der Waals surface area contributed by atoms with Gasteiger partial charge in [-0.2, -0.15) is 0 Å². The molecular weight excluding hydrogens is 402 g/mol. The van der Waals surface area contributed by atoms with Crippen LogP contribution in [0.25, 0.3) is 0 Å². The van der Waals surface area contributed by atoms with Crippen molar-refractivity contribution in [2.75, 3.05) is 20.7 Å². The Labute approximate surface area is 185 Å². The molecule has 2 atom stereocenters. The van der Waals surface area contributed by atoms with Crippen LogP contribution in [0.3, 0.4) is 0 Å². The summed E-state index contributed by atoms with van der Waals surface area (Å²) in [7, 11) is 3.31. The molecule has 6 nitrogen and oxygen atoms in total. The fourth-order valence-corrected chi connectivity index (χ4v) is 2.90. The minimum Gasteiger partial charge on any atom is -0.497 e. The van der Waals surface area contributed by atoms with Crippen LogP contribution in [0, 0.1) is 5.92 Å². The smallest absolute Gasteiger partial charge is 0.252 e. The highest BCUT2D eigenvalue weighted by molar-refractivity contribution is 5.98. The van der Waals surface area contributed by atoms with Crippen LogP contribution in [-0.4, -0.2) is 43.5 Å². The van der Waals surface area contributed by atoms with Gasteiger partial charge in [0.25, 0.3) is 5.91 Å². The van der Waals surface area contributed by atoms with Crippen LogP contribution in [0.5, 0.6) is 5.75 Å². The lowest BCUT2D eigenvalue weighted by molar-refractivity contribution is -0.132. The molecule has 2 unspecified atom stereocenters. The number of carbonyl (C=O) groups is 2. The van der Waals surface area contributed by atoms with Crippen molar-refractivity contribution in [1.82, 2.24) is 10.2 Å². The van der Waals surface area contributed by atoms with Crippen molar-refractivity contribution in [3.63, 3.8) is 0 Å². The zero-order valence-electron chi connectivity index (χ0n) is 18.0. The Kier molecular flexibility index (Phi) is 10.4. The second kappa shape index (κ2) is 12.2. The predicted molar refractivity (Wildman–Crippen MR) is 122 cm³/mol. The molecule has 0 bridgehead atoms. The van der Waals surface area contributed by atoms with E-state index in [1.54, 1.807) is 43.3 Å². The molecule has 2 aromatic rings. The van der Waals surface area contributed by atoms with E-state index in [4.69, 9.17) is 10.5 Å². The third kappa shape index (κ3) is 7.04. The lowest BCUT2D eigenvalue weighted by atomic mass is 10.0. The molecule has 2 amide bonds. The van der Waals surface area contributed by atoms with E-state index in [2.05, 4.69) is 19.2 Å². The maximum Gasteiger partial charge on any atom is 0.252 e. The normalized spacial score (nSPS) is 12.5. The molecule has 2 rings (SSSR count). The Morgan fingerprint density at radius 3 is 2.20 bits per heavy atom. The molecule has 0 saturated heterocycles. The van der Waals surface area contributed by atoms with Gasteiger partial charge in [-0.25, -0.2) is 0 Å². The first-order chi connectivity index (χ1) is 13.8. The Morgan fingerprint density at radius 2 is 1.67 bits per heavy atom. The van der Waals surface area contributed by atoms with Gasteiger partial charge in [0.15, 0.2) is 0 Å². The molecule has 0 heterocycles. The fraction of sp³-hybridized carbons (Fsp3) is 0.391. The van der Waals surface area contributed by atoms with Crippen molar-refractivity contribution >= 4 is 24.2 Å². The maximum atomic E-state index is 13.1. The number of benzene rings is 2. The van der Waals surface area contributed by atoms with E-state index >= 15 is 0 Å². The van der Waals surface area contributed by atoms with Crippen molar-refractivity contribution in [2.45, 2.75) is 32.4 Å². The number of nitrogens with one attached hydrogen (secondary N) is 1. The van der Waals surface area contributed by atoms with Crippen molar-refractivity contribution in [2.24, 2.45) is 11.7 Å². The van der Waals surface area contributed by atoms with Crippen LogP contribution < -0.4 is 15.8 Å². The number of carbonyl (C=O) groups excluding carboxylic acids is 2. The first-order valence-electron chi connectivity index (χ1n) is 9.84. The van der Waals surface area contributed by atoms with Gasteiger partial charge in [0, 0.05) is 25.2 Å². The standard InChI is InChI=1S/C23H31N3O3.ClH/c1-16(2)20(24)14-15-26(3)23(28)21(17-8-6-5-7-9-17)25-22(27)18-10-12-19(29-4)13-11-18;/h5-13,16,20-21H,14-15,24H2,1-4H3,(H,25,27);1H. The number of likely N-dealkylation sites (N-methyl/N-ethyl adjacent to an activating group) is 1. The van der Waals surface area contributed by atoms with Crippen LogP contribution >= 0.6 is 12.4 Å². The van der Waals surface area contributed by atoms with E-state index in [0.29, 0.717) is 30.2 Å². The second-order valence-electron chi connectivity index (χ2n) is 7.50. The average molecular weight is 434 g/mol. The van der Waals surface area contributed by atoms with Gasteiger partial charge in [0.1, 0.15) is 11.8 Å². The Bertz CT molecular complexity index is 797. The van der Waals surface area contributed by atoms with Gasteiger partial charge in [0.2, 0.25) is 5.91 Å². The molecule has 2 aromatic carbocycles. The monoisotopic (exact) mass is 433 g/mol. The maximum absolute atomic E-state index is 13.1. The van der Waals surface area contributed by atoms with Crippen molar-refractivity contribution in [1.29, 1.82) is 0 Å². The zero-order valence-corrected chi connectivity index (χ0v) is 18.8. The van der Waals surface area contributed by atoms with Crippen LogP contribution in [0.2, 0.25) is 0 Å². The summed E-state index contributed by atoms with van der Waals surface area (Å²) in [6.45, 7) is 4.66. The molecule has 0 spiro atoms. The van der Waals surface area contributed by atoms with Crippen molar-refractivity contribution in [3.05, 3.63) is 65.7 Å². The van der Waals surface area contributed by atoms with Gasteiger partial charge in [-0.05, 0) is 42.2 Å². The molecule has 0 aliphatic carbocycles. The van der Waals surface area contributed by atoms with Crippen LogP contribution in [0.4, 0.5) is 0 Å². The number of ether oxygens (including phenoxy) is 1. The molecule has 30 heavy (non-hydrogen) atoms. The summed E-state index contributed by atoms with van der Waals surface area (Å²) in [6, 6.07) is 15.3. The predicted octanol–water partition coefficient (Wildman–Crippen LogP) is 3.42. The van der Waals surface area contributed by atoms with Gasteiger partial charge < -0.3 is 20.7 Å². The molecule has 0 aliphatic rings. The van der Waals surface area contributed by atoms with E-state index in [1.807, 2.05) is 30.3 Å². The summed E-state index contributed by atoms with van der Waals surface area (Å²) >= 11 is 0. The molecule has 0 radical (unpaired) electrons. The number of halogens is 1. The molecule has 0 aromatic heterocycles. The lowest BCUT2D eigenvalue weighted by Crippen LogP contribution is -2.43. The minimum absolute atomic E-state index is 0. The van der Waals surface area contributed by atoms with E-state index in [-0.39, 0.29) is 30.3 Å². The zero-order chi connectivity index (χ0) is 21.4. The highest BCUT2D eigenvalue weighted by Crippen LogP contribution is 2.18. The number of hydrogen-bond acceptors (Lipinski definition) is 4. The lowest BCUT2D eigenvalue weighted by Gasteiger charge is -2.26. The summed E-state index contributed by atoms with van der Waals surface area (Å²) in [5, 5.41) is 2.88. The average Bonchev–Trinajstić information content (AvgIpc) is 2.75. The summed E-state index contributed by atoms with van der Waals surface area (Å²) in [6.07, 6.45) is 0.702. The number of amides is 2. The molecule has 164 valence electrons. The first-order valence-corrected chi connectivity index (χ1v) is 9.84. The van der Waals surface area contributed by atoms with Crippen LogP contribution in [0.1, 0.15) is 42.2 Å². The Hall–Kier alpha value is -2.57. The number of nitrogens with two attached hydrogens (primary N) is 1. The molecule has 7 heteroatoms. The molecule has 0 aliphatic heterocycles. The third-order valence-electron chi connectivity index (χ3n) is 5.04. The highest BCUT2D eigenvalue weighted by Gasteiger charge is 2.26. The molecular formula is C23H32ClN3O3. The summed E-state index contributed by atoms with van der Waals surface area (Å²) in [5.41, 5.74) is 7.31. The second-order valence-corrected chi connectivity index (χ2v) is 7.50. The Balaban J connectivity index is 0.00000450. The first kappa shape index (κ1) is 25.5. The van der Waals surface area contributed by atoms with E-state index < -0.39 is 6.04 Å². The summed E-state index contributed by atoms with van der Waals surface area (Å²) in [4.78, 5) is 27.5. The van der Waals surface area contributed by atoms with E-state index in [9.17, 15) is 9.59 Å². The van der Waals surface area contributed by atoms with Gasteiger partial charge in [-0.3, -0.25) is 9.59 Å². The molecule has 3 N–H and O–H groups in total. The topological polar surface area (TPSA) is 84.7 Å². The minimum atomic E-state index is -0.772. The number of hydrogen-bond donors (Lipinski definition) is 2. The van der Waals surface area contributed by atoms with E-state index in [0.717, 1.165) is 5.56 Å².